The molecule has 0 atom stereocenters. The smallest absolute Gasteiger partial charge is 0.233 e. The number of nitrogens with one attached hydrogen (secondary N) is 3. The highest BCUT2D eigenvalue weighted by Gasteiger charge is 2.02. The van der Waals surface area contributed by atoms with Crippen LogP contribution >= 0.6 is 0 Å². The summed E-state index contributed by atoms with van der Waals surface area (Å²) in [4.78, 5) is 11.2. The first-order chi connectivity index (χ1) is 7.31. The lowest BCUT2D eigenvalue weighted by Gasteiger charge is -2.08. The van der Waals surface area contributed by atoms with Gasteiger partial charge in [0.05, 0.1) is 12.8 Å². The molecule has 0 aromatic carbocycles. The van der Waals surface area contributed by atoms with Gasteiger partial charge in [-0.25, -0.2) is 13.1 Å². The van der Waals surface area contributed by atoms with Gasteiger partial charge >= 0.3 is 0 Å². The molecular formula is C9H21N3O3S. The predicted molar refractivity (Wildman–Crippen MR) is 63.6 cm³/mol. The van der Waals surface area contributed by atoms with E-state index in [0.29, 0.717) is 19.5 Å². The van der Waals surface area contributed by atoms with Crippen LogP contribution < -0.4 is 15.4 Å². The van der Waals surface area contributed by atoms with Crippen molar-refractivity contribution in [1.82, 2.24) is 15.4 Å². The third-order valence-electron chi connectivity index (χ3n) is 1.71. The molecule has 0 aromatic rings. The second-order valence-corrected chi connectivity index (χ2v) is 5.74. The molecule has 7 heteroatoms. The van der Waals surface area contributed by atoms with E-state index < -0.39 is 10.0 Å². The van der Waals surface area contributed by atoms with Gasteiger partial charge in [-0.15, -0.1) is 0 Å². The molecule has 3 N–H and O–H groups in total. The van der Waals surface area contributed by atoms with Crippen molar-refractivity contribution in [3.8, 4) is 0 Å². The zero-order chi connectivity index (χ0) is 12.6. The minimum absolute atomic E-state index is 0.0759. The van der Waals surface area contributed by atoms with Crippen LogP contribution in [0.4, 0.5) is 0 Å². The van der Waals surface area contributed by atoms with E-state index in [4.69, 9.17) is 0 Å². The molecule has 0 spiro atoms. The Hall–Kier alpha value is -0.660. The number of hydrogen-bond acceptors (Lipinski definition) is 4. The van der Waals surface area contributed by atoms with E-state index in [9.17, 15) is 13.2 Å². The molecule has 0 unspecified atom stereocenters. The largest absolute Gasteiger partial charge is 0.355 e. The minimum atomic E-state index is -3.12. The number of hydrogen-bond donors (Lipinski definition) is 3. The highest BCUT2D eigenvalue weighted by atomic mass is 32.2. The van der Waals surface area contributed by atoms with Gasteiger partial charge in [0, 0.05) is 19.1 Å². The summed E-state index contributed by atoms with van der Waals surface area (Å²) in [6.45, 7) is 5.03. The Morgan fingerprint density at radius 3 is 2.38 bits per heavy atom. The van der Waals surface area contributed by atoms with Crippen LogP contribution in [0.15, 0.2) is 0 Å². The Morgan fingerprint density at radius 2 is 1.88 bits per heavy atom. The lowest BCUT2D eigenvalue weighted by atomic mass is 10.4. The maximum Gasteiger partial charge on any atom is 0.233 e. The molecule has 0 heterocycles. The van der Waals surface area contributed by atoms with Gasteiger partial charge < -0.3 is 10.6 Å². The van der Waals surface area contributed by atoms with Crippen LogP contribution in [0.2, 0.25) is 0 Å². The molecule has 6 nitrogen and oxygen atoms in total. The molecule has 0 aliphatic heterocycles. The summed E-state index contributed by atoms with van der Waals surface area (Å²) in [5.41, 5.74) is 0. The van der Waals surface area contributed by atoms with E-state index in [0.717, 1.165) is 6.26 Å². The van der Waals surface area contributed by atoms with E-state index >= 15 is 0 Å². The average Bonchev–Trinajstić information content (AvgIpc) is 2.12. The number of carbonyl (C=O) groups is 1. The lowest BCUT2D eigenvalue weighted by Crippen LogP contribution is -2.38. The zero-order valence-electron chi connectivity index (χ0n) is 10.0. The Kier molecular flexibility index (Phi) is 7.27. The molecule has 0 radical (unpaired) electrons. The van der Waals surface area contributed by atoms with Gasteiger partial charge in [0.25, 0.3) is 0 Å². The summed E-state index contributed by atoms with van der Waals surface area (Å²) < 4.78 is 23.7. The van der Waals surface area contributed by atoms with Crippen LogP contribution in [0, 0.1) is 0 Å². The predicted octanol–water partition coefficient (Wildman–Crippen LogP) is -0.960. The molecule has 0 saturated heterocycles. The SMILES string of the molecule is CC(C)NCC(=O)NCCCNS(C)(=O)=O. The second-order valence-electron chi connectivity index (χ2n) is 3.91. The maximum atomic E-state index is 11.2. The van der Waals surface area contributed by atoms with Gasteiger partial charge in [-0.3, -0.25) is 4.79 Å². The van der Waals surface area contributed by atoms with Crippen LogP contribution in [-0.2, 0) is 14.8 Å². The summed E-state index contributed by atoms with van der Waals surface area (Å²) >= 11 is 0. The van der Waals surface area contributed by atoms with E-state index in [-0.39, 0.29) is 18.5 Å². The van der Waals surface area contributed by atoms with Gasteiger partial charge in [-0.1, -0.05) is 13.8 Å². The summed E-state index contributed by atoms with van der Waals surface area (Å²) in [6.07, 6.45) is 1.69. The second kappa shape index (κ2) is 7.59. The Bertz CT molecular complexity index is 301. The van der Waals surface area contributed by atoms with E-state index in [1.807, 2.05) is 13.8 Å². The standard InChI is InChI=1S/C9H21N3O3S/c1-8(2)11-7-9(13)10-5-4-6-12-16(3,14)15/h8,11-12H,4-7H2,1-3H3,(H,10,13). The lowest BCUT2D eigenvalue weighted by molar-refractivity contribution is -0.120. The van der Waals surface area contributed by atoms with Crippen LogP contribution in [-0.4, -0.2) is 46.3 Å². The number of rotatable bonds is 8. The van der Waals surface area contributed by atoms with Crippen LogP contribution in [0.25, 0.3) is 0 Å². The molecule has 0 fully saturated rings. The van der Waals surface area contributed by atoms with Crippen LogP contribution in [0.1, 0.15) is 20.3 Å². The summed E-state index contributed by atoms with van der Waals surface area (Å²) in [5, 5.41) is 5.67. The molecular weight excluding hydrogens is 230 g/mol. The number of amides is 1. The Morgan fingerprint density at radius 1 is 1.25 bits per heavy atom. The quantitative estimate of drug-likeness (QED) is 0.485. The van der Waals surface area contributed by atoms with E-state index in [1.54, 1.807) is 0 Å². The Labute approximate surface area is 97.2 Å². The first-order valence-corrected chi connectivity index (χ1v) is 7.15. The van der Waals surface area contributed by atoms with Crippen molar-refractivity contribution < 1.29 is 13.2 Å². The summed E-state index contributed by atoms with van der Waals surface area (Å²) in [5.74, 6) is -0.0759. The van der Waals surface area contributed by atoms with Crippen molar-refractivity contribution in [3.05, 3.63) is 0 Å². The average molecular weight is 251 g/mol. The molecule has 1 amide bonds. The first-order valence-electron chi connectivity index (χ1n) is 5.26. The molecule has 0 rings (SSSR count). The molecule has 0 aromatic heterocycles. The highest BCUT2D eigenvalue weighted by molar-refractivity contribution is 7.88. The van der Waals surface area contributed by atoms with E-state index in [2.05, 4.69) is 15.4 Å². The van der Waals surface area contributed by atoms with Crippen molar-refractivity contribution in [2.75, 3.05) is 25.9 Å². The number of carbonyl (C=O) groups excluding carboxylic acids is 1. The molecule has 0 bridgehead atoms. The molecule has 0 saturated carbocycles. The maximum absolute atomic E-state index is 11.2. The molecule has 0 aliphatic carbocycles. The van der Waals surface area contributed by atoms with Crippen LogP contribution in [0.5, 0.6) is 0 Å². The third-order valence-corrected chi connectivity index (χ3v) is 2.44. The van der Waals surface area contributed by atoms with Crippen molar-refractivity contribution in [3.63, 3.8) is 0 Å². The summed E-state index contributed by atoms with van der Waals surface area (Å²) in [7, 11) is -3.12. The Balaban J connectivity index is 3.42. The topological polar surface area (TPSA) is 87.3 Å². The van der Waals surface area contributed by atoms with E-state index in [1.165, 1.54) is 0 Å². The summed E-state index contributed by atoms with van der Waals surface area (Å²) in [6, 6.07) is 0.276. The third kappa shape index (κ3) is 11.4. The van der Waals surface area contributed by atoms with Crippen molar-refractivity contribution in [2.45, 2.75) is 26.3 Å². The molecule has 96 valence electrons. The van der Waals surface area contributed by atoms with Crippen molar-refractivity contribution >= 4 is 15.9 Å². The van der Waals surface area contributed by atoms with Gasteiger partial charge in [-0.05, 0) is 6.42 Å². The van der Waals surface area contributed by atoms with Crippen molar-refractivity contribution in [1.29, 1.82) is 0 Å². The zero-order valence-corrected chi connectivity index (χ0v) is 10.9. The fourth-order valence-corrected chi connectivity index (χ4v) is 1.45. The first kappa shape index (κ1) is 15.3. The van der Waals surface area contributed by atoms with Crippen LogP contribution in [0.3, 0.4) is 0 Å². The highest BCUT2D eigenvalue weighted by Crippen LogP contribution is 1.79. The fraction of sp³-hybridized carbons (Fsp3) is 0.889. The van der Waals surface area contributed by atoms with Gasteiger partial charge in [-0.2, -0.15) is 0 Å². The number of sulfonamides is 1. The minimum Gasteiger partial charge on any atom is -0.355 e. The fourth-order valence-electron chi connectivity index (χ4n) is 0.933. The molecule has 16 heavy (non-hydrogen) atoms. The van der Waals surface area contributed by atoms with Gasteiger partial charge in [0.1, 0.15) is 0 Å². The van der Waals surface area contributed by atoms with Crippen molar-refractivity contribution in [2.24, 2.45) is 0 Å². The molecule has 0 aliphatic rings. The normalized spacial score (nSPS) is 11.8. The monoisotopic (exact) mass is 251 g/mol. The van der Waals surface area contributed by atoms with Gasteiger partial charge in [0.2, 0.25) is 15.9 Å². The van der Waals surface area contributed by atoms with Gasteiger partial charge in [0.15, 0.2) is 0 Å².